The van der Waals surface area contributed by atoms with Crippen molar-refractivity contribution in [2.45, 2.75) is 62.8 Å². The van der Waals surface area contributed by atoms with E-state index in [1.165, 1.54) is 17.3 Å². The van der Waals surface area contributed by atoms with Crippen LogP contribution in [0.4, 0.5) is 0 Å². The van der Waals surface area contributed by atoms with Gasteiger partial charge in [0.2, 0.25) is 5.91 Å². The number of hydrogen-bond donors (Lipinski definition) is 0. The minimum atomic E-state index is -0.189. The second-order valence-corrected chi connectivity index (χ2v) is 9.30. The zero-order valence-electron chi connectivity index (χ0n) is 18.3. The zero-order chi connectivity index (χ0) is 21.5. The van der Waals surface area contributed by atoms with E-state index in [1.54, 1.807) is 17.7 Å². The van der Waals surface area contributed by atoms with Crippen molar-refractivity contribution >= 4 is 17.7 Å². The number of thioether (sulfide) groups is 1. The van der Waals surface area contributed by atoms with E-state index in [4.69, 9.17) is 0 Å². The summed E-state index contributed by atoms with van der Waals surface area (Å²) in [6, 6.07) is 12.2. The third-order valence-corrected chi connectivity index (χ3v) is 7.17. The van der Waals surface area contributed by atoms with Gasteiger partial charge in [-0.1, -0.05) is 62.4 Å². The lowest BCUT2D eigenvalue weighted by Crippen LogP contribution is -2.43. The van der Waals surface area contributed by atoms with Gasteiger partial charge in [-0.2, -0.15) is 0 Å². The van der Waals surface area contributed by atoms with Crippen molar-refractivity contribution in [3.05, 3.63) is 58.0 Å². The quantitative estimate of drug-likeness (QED) is 0.470. The van der Waals surface area contributed by atoms with Gasteiger partial charge in [-0.25, -0.2) is 4.98 Å². The smallest absolute Gasteiger partial charge is 0.254 e. The lowest BCUT2D eigenvalue weighted by molar-refractivity contribution is -0.132. The number of aromatic nitrogens is 2. The molecule has 30 heavy (non-hydrogen) atoms. The van der Waals surface area contributed by atoms with Crippen LogP contribution in [0.2, 0.25) is 0 Å². The standard InChI is InChI=1S/C24H33N3O2S/c1-4-9-21(30-24-25-20(5-2)17-22(28)26(24)3)23(29)27-14-12-19(13-15-27)16-18-10-7-6-8-11-18/h6-8,10-11,17,19,21H,4-5,9,12-16H2,1-3H3. The maximum atomic E-state index is 13.3. The highest BCUT2D eigenvalue weighted by atomic mass is 32.2. The minimum absolute atomic E-state index is 0.0613. The number of piperidine rings is 1. The number of hydrogen-bond acceptors (Lipinski definition) is 4. The molecule has 0 aliphatic carbocycles. The Kier molecular flexibility index (Phi) is 8.14. The first-order valence-corrected chi connectivity index (χ1v) is 12.0. The molecule has 1 aromatic heterocycles. The lowest BCUT2D eigenvalue weighted by Gasteiger charge is -2.34. The Bertz CT molecular complexity index is 889. The summed E-state index contributed by atoms with van der Waals surface area (Å²) < 4.78 is 1.56. The van der Waals surface area contributed by atoms with E-state index in [0.717, 1.165) is 50.9 Å². The van der Waals surface area contributed by atoms with E-state index >= 15 is 0 Å². The maximum absolute atomic E-state index is 13.3. The average Bonchev–Trinajstić information content (AvgIpc) is 2.77. The van der Waals surface area contributed by atoms with E-state index in [0.29, 0.717) is 17.5 Å². The van der Waals surface area contributed by atoms with Crippen LogP contribution < -0.4 is 5.56 Å². The molecule has 1 aliphatic heterocycles. The van der Waals surface area contributed by atoms with Gasteiger partial charge in [0.1, 0.15) is 0 Å². The summed E-state index contributed by atoms with van der Waals surface area (Å²) in [6.07, 6.45) is 5.62. The Morgan fingerprint density at radius 1 is 1.20 bits per heavy atom. The molecule has 0 bridgehead atoms. The molecular formula is C24H33N3O2S. The summed E-state index contributed by atoms with van der Waals surface area (Å²) in [6.45, 7) is 5.73. The van der Waals surface area contributed by atoms with Gasteiger partial charge in [-0.15, -0.1) is 0 Å². The largest absolute Gasteiger partial charge is 0.342 e. The molecule has 2 aromatic rings. The first kappa shape index (κ1) is 22.6. The van der Waals surface area contributed by atoms with Crippen molar-refractivity contribution in [2.75, 3.05) is 13.1 Å². The molecule has 1 amide bonds. The van der Waals surface area contributed by atoms with Gasteiger partial charge in [0, 0.05) is 31.9 Å². The highest BCUT2D eigenvalue weighted by molar-refractivity contribution is 8.00. The Morgan fingerprint density at radius 3 is 2.53 bits per heavy atom. The fraction of sp³-hybridized carbons (Fsp3) is 0.542. The van der Waals surface area contributed by atoms with Crippen LogP contribution in [-0.4, -0.2) is 38.7 Å². The minimum Gasteiger partial charge on any atom is -0.342 e. The first-order chi connectivity index (χ1) is 14.5. The highest BCUT2D eigenvalue weighted by Crippen LogP contribution is 2.28. The van der Waals surface area contributed by atoms with Crippen LogP contribution in [0.1, 0.15) is 50.8 Å². The van der Waals surface area contributed by atoms with Crippen molar-refractivity contribution in [3.63, 3.8) is 0 Å². The Hall–Kier alpha value is -2.08. The molecule has 2 heterocycles. The number of amides is 1. The molecule has 0 N–H and O–H groups in total. The third kappa shape index (κ3) is 5.75. The van der Waals surface area contributed by atoms with Crippen molar-refractivity contribution in [2.24, 2.45) is 13.0 Å². The molecule has 0 spiro atoms. The zero-order valence-corrected chi connectivity index (χ0v) is 19.2. The van der Waals surface area contributed by atoms with Gasteiger partial charge < -0.3 is 4.90 Å². The Balaban J connectivity index is 1.63. The fourth-order valence-corrected chi connectivity index (χ4v) is 5.26. The number of carbonyl (C=O) groups excluding carboxylic acids is 1. The molecule has 0 saturated carbocycles. The van der Waals surface area contributed by atoms with Crippen LogP contribution in [0.3, 0.4) is 0 Å². The predicted molar refractivity (Wildman–Crippen MR) is 123 cm³/mol. The molecular weight excluding hydrogens is 394 g/mol. The predicted octanol–water partition coefficient (Wildman–Crippen LogP) is 4.08. The van der Waals surface area contributed by atoms with Crippen LogP contribution in [-0.2, 0) is 24.7 Å². The van der Waals surface area contributed by atoms with E-state index < -0.39 is 0 Å². The van der Waals surface area contributed by atoms with E-state index in [2.05, 4.69) is 42.2 Å². The molecule has 1 saturated heterocycles. The van der Waals surface area contributed by atoms with Crippen LogP contribution in [0.5, 0.6) is 0 Å². The van der Waals surface area contributed by atoms with Gasteiger partial charge in [-0.3, -0.25) is 14.2 Å². The molecule has 162 valence electrons. The topological polar surface area (TPSA) is 55.2 Å². The summed E-state index contributed by atoms with van der Waals surface area (Å²) in [5.41, 5.74) is 2.10. The summed E-state index contributed by atoms with van der Waals surface area (Å²) >= 11 is 1.45. The number of benzene rings is 1. The SMILES string of the molecule is CCCC(Sc1nc(CC)cc(=O)n1C)C(=O)N1CCC(Cc2ccccc2)CC1. The van der Waals surface area contributed by atoms with E-state index in [-0.39, 0.29) is 16.7 Å². The first-order valence-electron chi connectivity index (χ1n) is 11.1. The molecule has 1 aromatic carbocycles. The number of carbonyl (C=O) groups is 1. The van der Waals surface area contributed by atoms with Crippen molar-refractivity contribution < 1.29 is 4.79 Å². The molecule has 0 radical (unpaired) electrons. The number of rotatable bonds is 8. The fourth-order valence-electron chi connectivity index (χ4n) is 3.98. The third-order valence-electron chi connectivity index (χ3n) is 5.88. The second kappa shape index (κ2) is 10.8. The number of likely N-dealkylation sites (tertiary alicyclic amines) is 1. The van der Waals surface area contributed by atoms with Crippen LogP contribution in [0, 0.1) is 5.92 Å². The van der Waals surface area contributed by atoms with Gasteiger partial charge in [-0.05, 0) is 43.6 Å². The van der Waals surface area contributed by atoms with Crippen molar-refractivity contribution in [1.29, 1.82) is 0 Å². The molecule has 1 atom stereocenters. The average molecular weight is 428 g/mol. The van der Waals surface area contributed by atoms with Crippen LogP contribution in [0.15, 0.2) is 46.3 Å². The van der Waals surface area contributed by atoms with Crippen LogP contribution in [0.25, 0.3) is 0 Å². The van der Waals surface area contributed by atoms with Gasteiger partial charge in [0.25, 0.3) is 5.56 Å². The van der Waals surface area contributed by atoms with Gasteiger partial charge in [0.15, 0.2) is 5.16 Å². The van der Waals surface area contributed by atoms with Crippen LogP contribution >= 0.6 is 11.8 Å². The summed E-state index contributed by atoms with van der Waals surface area (Å²) in [5.74, 6) is 0.827. The summed E-state index contributed by atoms with van der Waals surface area (Å²) in [4.78, 5) is 32.2. The van der Waals surface area contributed by atoms with Gasteiger partial charge in [0.05, 0.1) is 5.25 Å². The Labute approximate surface area is 183 Å². The molecule has 1 unspecified atom stereocenters. The normalized spacial score (nSPS) is 15.9. The van der Waals surface area contributed by atoms with Crippen molar-refractivity contribution in [3.8, 4) is 0 Å². The molecule has 6 heteroatoms. The summed E-state index contributed by atoms with van der Waals surface area (Å²) in [7, 11) is 1.74. The van der Waals surface area contributed by atoms with E-state index in [1.807, 2.05) is 11.8 Å². The Morgan fingerprint density at radius 2 is 1.90 bits per heavy atom. The number of nitrogens with zero attached hydrogens (tertiary/aromatic N) is 3. The highest BCUT2D eigenvalue weighted by Gasteiger charge is 2.29. The second-order valence-electron chi connectivity index (χ2n) is 8.13. The molecule has 1 aliphatic rings. The molecule has 1 fully saturated rings. The summed E-state index contributed by atoms with van der Waals surface area (Å²) in [5, 5.41) is 0.455. The van der Waals surface area contributed by atoms with Gasteiger partial charge >= 0.3 is 0 Å². The monoisotopic (exact) mass is 427 g/mol. The molecule has 5 nitrogen and oxygen atoms in total. The lowest BCUT2D eigenvalue weighted by atomic mass is 9.90. The maximum Gasteiger partial charge on any atom is 0.254 e. The van der Waals surface area contributed by atoms with Crippen molar-refractivity contribution in [1.82, 2.24) is 14.5 Å². The van der Waals surface area contributed by atoms with E-state index in [9.17, 15) is 9.59 Å². The number of aryl methyl sites for hydroxylation is 1. The molecule has 3 rings (SSSR count).